The lowest BCUT2D eigenvalue weighted by molar-refractivity contribution is 0.966. The van der Waals surface area contributed by atoms with Gasteiger partial charge in [0.15, 0.2) is 11.6 Å². The zero-order chi connectivity index (χ0) is 12.8. The van der Waals surface area contributed by atoms with Crippen LogP contribution in [0.4, 0.5) is 23.0 Å². The van der Waals surface area contributed by atoms with Gasteiger partial charge in [0.05, 0.1) is 0 Å². The van der Waals surface area contributed by atoms with E-state index in [9.17, 15) is 0 Å². The van der Waals surface area contributed by atoms with E-state index in [4.69, 9.17) is 5.73 Å². The van der Waals surface area contributed by atoms with Crippen molar-refractivity contribution in [2.75, 3.05) is 22.9 Å². The summed E-state index contributed by atoms with van der Waals surface area (Å²) in [4.78, 5) is 12.2. The number of nitrogens with two attached hydrogens (primary N) is 1. The van der Waals surface area contributed by atoms with Crippen LogP contribution in [0, 0.1) is 0 Å². The van der Waals surface area contributed by atoms with Crippen LogP contribution in [0.1, 0.15) is 13.3 Å². The lowest BCUT2D eigenvalue weighted by atomic mass is 10.3. The van der Waals surface area contributed by atoms with E-state index in [1.807, 2.05) is 12.1 Å². The van der Waals surface area contributed by atoms with Crippen LogP contribution in [-0.4, -0.2) is 21.5 Å². The van der Waals surface area contributed by atoms with E-state index in [0.29, 0.717) is 17.3 Å². The van der Waals surface area contributed by atoms with Crippen molar-refractivity contribution in [1.82, 2.24) is 15.0 Å². The smallest absolute Gasteiger partial charge is 0.159 e. The van der Waals surface area contributed by atoms with Crippen LogP contribution in [0.25, 0.3) is 0 Å². The van der Waals surface area contributed by atoms with Gasteiger partial charge in [0.2, 0.25) is 0 Å². The number of hydrogen-bond acceptors (Lipinski definition) is 6. The minimum Gasteiger partial charge on any atom is -0.393 e. The summed E-state index contributed by atoms with van der Waals surface area (Å²) in [5.74, 6) is 1.25. The molecule has 0 fully saturated rings. The number of nitrogens with zero attached hydrogens (tertiary/aromatic N) is 3. The second kappa shape index (κ2) is 5.81. The second-order valence-electron chi connectivity index (χ2n) is 3.77. The highest BCUT2D eigenvalue weighted by atomic mass is 15.1. The Kier molecular flexibility index (Phi) is 3.90. The average Bonchev–Trinajstić information content (AvgIpc) is 2.41. The molecule has 2 aromatic heterocycles. The summed E-state index contributed by atoms with van der Waals surface area (Å²) in [6.07, 6.45) is 5.90. The Morgan fingerprint density at radius 1 is 1.17 bits per heavy atom. The molecule has 4 N–H and O–H groups in total. The van der Waals surface area contributed by atoms with Gasteiger partial charge in [0.1, 0.15) is 12.0 Å². The lowest BCUT2D eigenvalue weighted by Crippen LogP contribution is -2.08. The molecule has 0 aliphatic heterocycles. The zero-order valence-electron chi connectivity index (χ0n) is 10.2. The van der Waals surface area contributed by atoms with Gasteiger partial charge in [-0.25, -0.2) is 9.97 Å². The van der Waals surface area contributed by atoms with E-state index < -0.39 is 0 Å². The van der Waals surface area contributed by atoms with E-state index in [1.54, 1.807) is 12.4 Å². The SMILES string of the molecule is CCCNc1ncnc(Nc2ccncc2)c1N. The molecule has 0 bridgehead atoms. The molecule has 2 heterocycles. The van der Waals surface area contributed by atoms with Gasteiger partial charge in [-0.15, -0.1) is 0 Å². The largest absolute Gasteiger partial charge is 0.393 e. The van der Waals surface area contributed by atoms with Gasteiger partial charge in [-0.05, 0) is 18.6 Å². The standard InChI is InChI=1S/C12H16N6/c1-2-5-15-11-10(13)12(17-8-16-11)18-9-3-6-14-7-4-9/h3-4,6-8H,2,5,13H2,1H3,(H2,14,15,16,17,18). The van der Waals surface area contributed by atoms with Gasteiger partial charge in [0, 0.05) is 24.6 Å². The van der Waals surface area contributed by atoms with Gasteiger partial charge in [0.25, 0.3) is 0 Å². The molecular weight excluding hydrogens is 228 g/mol. The van der Waals surface area contributed by atoms with Crippen molar-refractivity contribution in [3.63, 3.8) is 0 Å². The summed E-state index contributed by atoms with van der Waals surface area (Å²) in [7, 11) is 0. The molecule has 0 saturated heterocycles. The fraction of sp³-hybridized carbons (Fsp3) is 0.250. The molecule has 0 amide bonds. The van der Waals surface area contributed by atoms with Gasteiger partial charge >= 0.3 is 0 Å². The van der Waals surface area contributed by atoms with Crippen molar-refractivity contribution in [1.29, 1.82) is 0 Å². The number of nitrogens with one attached hydrogen (secondary N) is 2. The zero-order valence-corrected chi connectivity index (χ0v) is 10.2. The van der Waals surface area contributed by atoms with Crippen molar-refractivity contribution in [3.05, 3.63) is 30.9 Å². The highest BCUT2D eigenvalue weighted by Gasteiger charge is 2.07. The number of anilines is 4. The highest BCUT2D eigenvalue weighted by molar-refractivity contribution is 5.77. The topological polar surface area (TPSA) is 88.8 Å². The monoisotopic (exact) mass is 244 g/mol. The molecule has 2 aromatic rings. The van der Waals surface area contributed by atoms with Crippen molar-refractivity contribution >= 4 is 23.0 Å². The fourth-order valence-electron chi connectivity index (χ4n) is 1.45. The molecule has 6 heteroatoms. The van der Waals surface area contributed by atoms with Crippen LogP contribution in [0.15, 0.2) is 30.9 Å². The average molecular weight is 244 g/mol. The van der Waals surface area contributed by atoms with E-state index in [2.05, 4.69) is 32.5 Å². The Hall–Kier alpha value is -2.37. The van der Waals surface area contributed by atoms with Crippen LogP contribution >= 0.6 is 0 Å². The van der Waals surface area contributed by atoms with Crippen LogP contribution < -0.4 is 16.4 Å². The fourth-order valence-corrected chi connectivity index (χ4v) is 1.45. The van der Waals surface area contributed by atoms with Crippen LogP contribution in [-0.2, 0) is 0 Å². The molecule has 18 heavy (non-hydrogen) atoms. The molecule has 0 aromatic carbocycles. The second-order valence-corrected chi connectivity index (χ2v) is 3.77. The lowest BCUT2D eigenvalue weighted by Gasteiger charge is -2.11. The third-order valence-electron chi connectivity index (χ3n) is 2.37. The van der Waals surface area contributed by atoms with Gasteiger partial charge in [-0.3, -0.25) is 4.98 Å². The maximum absolute atomic E-state index is 6.01. The molecule has 0 atom stereocenters. The summed E-state index contributed by atoms with van der Waals surface area (Å²) >= 11 is 0. The maximum Gasteiger partial charge on any atom is 0.159 e. The Morgan fingerprint density at radius 3 is 2.61 bits per heavy atom. The number of aromatic nitrogens is 3. The molecule has 0 radical (unpaired) electrons. The van der Waals surface area contributed by atoms with Crippen LogP contribution in [0.2, 0.25) is 0 Å². The molecule has 0 spiro atoms. The molecule has 2 rings (SSSR count). The van der Waals surface area contributed by atoms with Crippen molar-refractivity contribution in [2.45, 2.75) is 13.3 Å². The van der Waals surface area contributed by atoms with E-state index in [1.165, 1.54) is 6.33 Å². The first-order valence-corrected chi connectivity index (χ1v) is 5.82. The van der Waals surface area contributed by atoms with Crippen LogP contribution in [0.3, 0.4) is 0 Å². The predicted molar refractivity (Wildman–Crippen MR) is 72.7 cm³/mol. The summed E-state index contributed by atoms with van der Waals surface area (Å²) in [6, 6.07) is 3.70. The van der Waals surface area contributed by atoms with Crippen molar-refractivity contribution in [2.24, 2.45) is 0 Å². The quantitative estimate of drug-likeness (QED) is 0.745. The van der Waals surface area contributed by atoms with Gasteiger partial charge < -0.3 is 16.4 Å². The molecule has 6 nitrogen and oxygen atoms in total. The summed E-state index contributed by atoms with van der Waals surface area (Å²) in [5, 5.41) is 6.29. The Morgan fingerprint density at radius 2 is 1.89 bits per heavy atom. The Balaban J connectivity index is 2.18. The number of nitrogen functional groups attached to an aromatic ring is 1. The van der Waals surface area contributed by atoms with E-state index in [0.717, 1.165) is 18.7 Å². The molecular formula is C12H16N6. The third-order valence-corrected chi connectivity index (χ3v) is 2.37. The number of pyridine rings is 1. The molecule has 94 valence electrons. The molecule has 0 aliphatic rings. The summed E-state index contributed by atoms with van der Waals surface area (Å²) in [6.45, 7) is 2.91. The minimum absolute atomic E-state index is 0.516. The molecule has 0 unspecified atom stereocenters. The predicted octanol–water partition coefficient (Wildman–Crippen LogP) is 2.02. The Labute approximate surface area is 106 Å². The number of rotatable bonds is 5. The maximum atomic E-state index is 6.01. The minimum atomic E-state index is 0.516. The van der Waals surface area contributed by atoms with Crippen LogP contribution in [0.5, 0.6) is 0 Å². The first-order valence-electron chi connectivity index (χ1n) is 5.82. The Bertz CT molecular complexity index is 499. The van der Waals surface area contributed by atoms with Crippen molar-refractivity contribution in [3.8, 4) is 0 Å². The van der Waals surface area contributed by atoms with Gasteiger partial charge in [-0.2, -0.15) is 0 Å². The summed E-state index contributed by atoms with van der Waals surface area (Å²) < 4.78 is 0. The van der Waals surface area contributed by atoms with Gasteiger partial charge in [-0.1, -0.05) is 6.92 Å². The third kappa shape index (κ3) is 2.85. The van der Waals surface area contributed by atoms with E-state index >= 15 is 0 Å². The summed E-state index contributed by atoms with van der Waals surface area (Å²) in [5.41, 5.74) is 7.41. The molecule has 0 aliphatic carbocycles. The first-order chi connectivity index (χ1) is 8.81. The number of hydrogen-bond donors (Lipinski definition) is 3. The highest BCUT2D eigenvalue weighted by Crippen LogP contribution is 2.25. The normalized spacial score (nSPS) is 10.1. The molecule has 0 saturated carbocycles. The van der Waals surface area contributed by atoms with Crippen molar-refractivity contribution < 1.29 is 0 Å². The first kappa shape index (κ1) is 12.1. The van der Waals surface area contributed by atoms with E-state index in [-0.39, 0.29) is 0 Å².